The number of alkyl halides is 1. The summed E-state index contributed by atoms with van der Waals surface area (Å²) in [6.45, 7) is 0. The van der Waals surface area contributed by atoms with Gasteiger partial charge in [-0.15, -0.1) is 11.6 Å². The Morgan fingerprint density at radius 1 is 1.80 bits per heavy atom. The standard InChI is InChI=1S/C4H9ClN4S/c5-1-2-10-4(6)8-3-9-7/h3H,1-2,7H2,(H2,6,8,9)/p+1. The number of thioether (sulfide) groups is 1. The first-order valence-electron chi connectivity index (χ1n) is 2.60. The Morgan fingerprint density at radius 2 is 2.50 bits per heavy atom. The van der Waals surface area contributed by atoms with Crippen molar-refractivity contribution in [2.24, 2.45) is 16.7 Å². The van der Waals surface area contributed by atoms with E-state index in [1.165, 1.54) is 18.1 Å². The summed E-state index contributed by atoms with van der Waals surface area (Å²) in [7, 11) is 0. The summed E-state index contributed by atoms with van der Waals surface area (Å²) in [6, 6.07) is 0. The van der Waals surface area contributed by atoms with Gasteiger partial charge in [-0.1, -0.05) is 11.8 Å². The summed E-state index contributed by atoms with van der Waals surface area (Å²) < 4.78 is 0. The van der Waals surface area contributed by atoms with Crippen LogP contribution in [0, 0.1) is 0 Å². The van der Waals surface area contributed by atoms with E-state index in [1.54, 1.807) is 0 Å². The molecule has 58 valence electrons. The van der Waals surface area contributed by atoms with E-state index in [9.17, 15) is 0 Å². The van der Waals surface area contributed by atoms with E-state index in [4.69, 9.17) is 23.2 Å². The van der Waals surface area contributed by atoms with Gasteiger partial charge in [0.1, 0.15) is 0 Å². The van der Waals surface area contributed by atoms with Crippen molar-refractivity contribution < 1.29 is 4.99 Å². The molecule has 0 spiro atoms. The first-order valence-corrected chi connectivity index (χ1v) is 4.12. The molecule has 10 heavy (non-hydrogen) atoms. The van der Waals surface area contributed by atoms with Gasteiger partial charge in [-0.25, -0.2) is 4.99 Å². The van der Waals surface area contributed by atoms with E-state index in [0.717, 1.165) is 5.75 Å². The summed E-state index contributed by atoms with van der Waals surface area (Å²) in [5.41, 5.74) is 5.41. The lowest BCUT2D eigenvalue weighted by molar-refractivity contribution is -0.301. The molecule has 0 fully saturated rings. The molecule has 0 radical (unpaired) electrons. The van der Waals surface area contributed by atoms with Crippen molar-refractivity contribution in [2.75, 3.05) is 11.6 Å². The van der Waals surface area contributed by atoms with E-state index in [1.807, 2.05) is 0 Å². The van der Waals surface area contributed by atoms with Crippen molar-refractivity contribution in [1.29, 1.82) is 0 Å². The lowest BCUT2D eigenvalue weighted by Gasteiger charge is -1.88. The number of nitrogens with two attached hydrogens (primary N) is 2. The minimum atomic E-state index is 0.551. The van der Waals surface area contributed by atoms with Crippen LogP contribution in [0.15, 0.2) is 5.10 Å². The van der Waals surface area contributed by atoms with Gasteiger partial charge in [0.2, 0.25) is 6.34 Å². The molecule has 0 aliphatic rings. The SMILES string of the molecule is N/N=C/[NH+]=C(N)SCCCl. The Morgan fingerprint density at radius 3 is 3.00 bits per heavy atom. The van der Waals surface area contributed by atoms with Crippen molar-refractivity contribution in [3.8, 4) is 0 Å². The summed E-state index contributed by atoms with van der Waals surface area (Å²) in [6.07, 6.45) is 1.32. The number of halogens is 1. The first kappa shape index (κ1) is 9.58. The number of nitrogens with one attached hydrogen (secondary N) is 1. The zero-order valence-electron chi connectivity index (χ0n) is 5.38. The monoisotopic (exact) mass is 181 g/mol. The molecule has 0 saturated heterocycles. The van der Waals surface area contributed by atoms with Crippen LogP contribution < -0.4 is 16.6 Å². The normalized spacial score (nSPS) is 12.7. The number of hydrogen-bond acceptors (Lipinski definition) is 3. The molecule has 0 saturated carbocycles. The first-order chi connectivity index (χ1) is 4.81. The molecule has 0 amide bonds. The van der Waals surface area contributed by atoms with Crippen LogP contribution in [0.4, 0.5) is 0 Å². The van der Waals surface area contributed by atoms with Crippen LogP contribution in [0.2, 0.25) is 0 Å². The Labute approximate surface area is 68.7 Å². The number of hydrazone groups is 1. The van der Waals surface area contributed by atoms with E-state index in [2.05, 4.69) is 10.1 Å². The van der Waals surface area contributed by atoms with Gasteiger partial charge in [-0.05, 0) is 5.10 Å². The molecular weight excluding hydrogens is 172 g/mol. The highest BCUT2D eigenvalue weighted by Crippen LogP contribution is 1.94. The maximum Gasteiger partial charge on any atom is 0.252 e. The number of hydrogen-bond donors (Lipinski definition) is 3. The van der Waals surface area contributed by atoms with Crippen molar-refractivity contribution in [3.05, 3.63) is 0 Å². The molecule has 0 heterocycles. The third-order valence-corrected chi connectivity index (χ3v) is 1.87. The van der Waals surface area contributed by atoms with Gasteiger partial charge < -0.3 is 5.73 Å². The molecule has 0 aromatic heterocycles. The molecule has 0 bridgehead atoms. The molecule has 0 unspecified atom stereocenters. The molecule has 0 atom stereocenters. The van der Waals surface area contributed by atoms with Crippen molar-refractivity contribution in [3.63, 3.8) is 0 Å². The van der Waals surface area contributed by atoms with Gasteiger partial charge in [0.25, 0.3) is 5.17 Å². The topological polar surface area (TPSA) is 78.4 Å². The quantitative estimate of drug-likeness (QED) is 0.159. The van der Waals surface area contributed by atoms with Gasteiger partial charge in [0, 0.05) is 11.6 Å². The molecule has 0 aromatic carbocycles. The molecule has 0 aliphatic carbocycles. The average Bonchev–Trinajstić information content (AvgIpc) is 1.97. The number of nitrogens with zero attached hydrogens (tertiary/aromatic N) is 1. The van der Waals surface area contributed by atoms with Crippen LogP contribution in [-0.4, -0.2) is 23.1 Å². The molecule has 0 rings (SSSR count). The van der Waals surface area contributed by atoms with E-state index in [-0.39, 0.29) is 0 Å². The Hall–Kier alpha value is -0.420. The Balaban J connectivity index is 3.49. The molecule has 5 N–H and O–H groups in total. The lowest BCUT2D eigenvalue weighted by Crippen LogP contribution is -2.73. The third kappa shape index (κ3) is 5.71. The minimum absolute atomic E-state index is 0.551. The highest BCUT2D eigenvalue weighted by molar-refractivity contribution is 8.13. The fourth-order valence-corrected chi connectivity index (χ4v) is 0.956. The average molecular weight is 182 g/mol. The molecule has 4 nitrogen and oxygen atoms in total. The van der Waals surface area contributed by atoms with Crippen LogP contribution >= 0.6 is 23.4 Å². The van der Waals surface area contributed by atoms with Gasteiger partial charge in [-0.2, -0.15) is 0 Å². The van der Waals surface area contributed by atoms with E-state index < -0.39 is 0 Å². The summed E-state index contributed by atoms with van der Waals surface area (Å²) in [5.74, 6) is 6.16. The second-order valence-corrected chi connectivity index (χ2v) is 2.84. The van der Waals surface area contributed by atoms with Crippen LogP contribution in [0.1, 0.15) is 0 Å². The summed E-state index contributed by atoms with van der Waals surface area (Å²) >= 11 is 6.82. The van der Waals surface area contributed by atoms with Gasteiger partial charge >= 0.3 is 0 Å². The van der Waals surface area contributed by atoms with E-state index in [0.29, 0.717) is 11.0 Å². The van der Waals surface area contributed by atoms with Crippen molar-refractivity contribution in [1.82, 2.24) is 0 Å². The molecular formula is C4H10ClN4S+. The fraction of sp³-hybridized carbons (Fsp3) is 0.500. The smallest absolute Gasteiger partial charge is 0.252 e. The van der Waals surface area contributed by atoms with Crippen molar-refractivity contribution >= 4 is 34.9 Å². The highest BCUT2D eigenvalue weighted by Gasteiger charge is 1.93. The van der Waals surface area contributed by atoms with Gasteiger partial charge in [0.15, 0.2) is 0 Å². The van der Waals surface area contributed by atoms with E-state index >= 15 is 0 Å². The zero-order valence-corrected chi connectivity index (χ0v) is 6.95. The zero-order chi connectivity index (χ0) is 7.82. The second-order valence-electron chi connectivity index (χ2n) is 1.32. The Bertz CT molecular complexity index is 135. The second kappa shape index (κ2) is 6.70. The Kier molecular flexibility index (Phi) is 6.42. The summed E-state index contributed by atoms with van der Waals surface area (Å²) in [5, 5.41) is 3.75. The van der Waals surface area contributed by atoms with Crippen LogP contribution in [0.3, 0.4) is 0 Å². The van der Waals surface area contributed by atoms with Crippen LogP contribution in [0.25, 0.3) is 0 Å². The predicted molar refractivity (Wildman–Crippen MR) is 46.0 cm³/mol. The lowest BCUT2D eigenvalue weighted by atomic mass is 11.0. The highest BCUT2D eigenvalue weighted by atomic mass is 35.5. The summed E-state index contributed by atoms with van der Waals surface area (Å²) in [4.78, 5) is 2.65. The van der Waals surface area contributed by atoms with Crippen LogP contribution in [0.5, 0.6) is 0 Å². The molecule has 0 aromatic rings. The number of rotatable bonds is 3. The maximum absolute atomic E-state index is 5.41. The molecule has 6 heteroatoms. The van der Waals surface area contributed by atoms with Crippen molar-refractivity contribution in [2.45, 2.75) is 0 Å². The number of amidine groups is 1. The van der Waals surface area contributed by atoms with Gasteiger partial charge in [-0.3, -0.25) is 5.84 Å². The fourth-order valence-electron chi connectivity index (χ4n) is 0.291. The maximum atomic E-state index is 5.41. The predicted octanol–water partition coefficient (Wildman–Crippen LogP) is -1.74. The van der Waals surface area contributed by atoms with Gasteiger partial charge in [0.05, 0.1) is 0 Å². The molecule has 0 aliphatic heterocycles. The largest absolute Gasteiger partial charge is 0.313 e. The van der Waals surface area contributed by atoms with Crippen LogP contribution in [-0.2, 0) is 0 Å². The minimum Gasteiger partial charge on any atom is -0.313 e. The third-order valence-electron chi connectivity index (χ3n) is 0.616.